The van der Waals surface area contributed by atoms with E-state index in [4.69, 9.17) is 0 Å². The zero-order chi connectivity index (χ0) is 16.4. The predicted octanol–water partition coefficient (Wildman–Crippen LogP) is 3.70. The molecule has 2 bridgehead atoms. The normalized spacial score (nSPS) is 33.2. The fourth-order valence-electron chi connectivity index (χ4n) is 5.17. The number of carbonyl (C=O) groups excluding carboxylic acids is 1. The molecule has 1 aromatic rings. The molecule has 3 heteroatoms. The second-order valence-corrected chi connectivity index (χ2v) is 8.01. The fourth-order valence-corrected chi connectivity index (χ4v) is 5.17. The third kappa shape index (κ3) is 3.37. The van der Waals surface area contributed by atoms with Gasteiger partial charge in [-0.3, -0.25) is 4.79 Å². The first-order valence-corrected chi connectivity index (χ1v) is 9.88. The molecule has 24 heavy (non-hydrogen) atoms. The van der Waals surface area contributed by atoms with Gasteiger partial charge in [0.25, 0.3) is 0 Å². The summed E-state index contributed by atoms with van der Waals surface area (Å²) in [4.78, 5) is 15.2. The van der Waals surface area contributed by atoms with Crippen LogP contribution in [0.25, 0.3) is 0 Å². The molecule has 1 aromatic carbocycles. The van der Waals surface area contributed by atoms with Gasteiger partial charge in [0.1, 0.15) is 0 Å². The van der Waals surface area contributed by atoms with Gasteiger partial charge in [0, 0.05) is 25.0 Å². The van der Waals surface area contributed by atoms with Gasteiger partial charge in [-0.05, 0) is 68.9 Å². The van der Waals surface area contributed by atoms with Gasteiger partial charge in [-0.15, -0.1) is 0 Å². The van der Waals surface area contributed by atoms with Gasteiger partial charge in [0.2, 0.25) is 5.91 Å². The van der Waals surface area contributed by atoms with Gasteiger partial charge < -0.3 is 10.2 Å². The van der Waals surface area contributed by atoms with Crippen molar-refractivity contribution in [2.75, 3.05) is 13.1 Å². The van der Waals surface area contributed by atoms with Gasteiger partial charge in [-0.2, -0.15) is 0 Å². The molecule has 1 saturated carbocycles. The Bertz CT molecular complexity index is 536. The highest BCUT2D eigenvalue weighted by Gasteiger charge is 2.38. The van der Waals surface area contributed by atoms with Crippen molar-refractivity contribution in [2.24, 2.45) is 5.92 Å². The van der Waals surface area contributed by atoms with E-state index in [1.807, 2.05) is 0 Å². The molecule has 0 spiro atoms. The molecule has 2 unspecified atom stereocenters. The summed E-state index contributed by atoms with van der Waals surface area (Å²) in [5.74, 6) is 1.75. The first-order valence-electron chi connectivity index (χ1n) is 9.88. The van der Waals surface area contributed by atoms with Crippen molar-refractivity contribution in [1.82, 2.24) is 10.2 Å². The highest BCUT2D eigenvalue weighted by atomic mass is 16.2. The molecule has 0 aromatic heterocycles. The first kappa shape index (κ1) is 16.1. The van der Waals surface area contributed by atoms with E-state index in [0.717, 1.165) is 25.9 Å². The quantitative estimate of drug-likeness (QED) is 0.918. The number of carbonyl (C=O) groups is 1. The Hall–Kier alpha value is -1.35. The van der Waals surface area contributed by atoms with Crippen LogP contribution < -0.4 is 5.32 Å². The van der Waals surface area contributed by atoms with E-state index in [9.17, 15) is 4.79 Å². The SMILES string of the molecule is O=C(CC1CCC(c2ccccc2)CC1)N1C2CCNCC1CC2. The molecule has 4 rings (SSSR count). The Balaban J connectivity index is 1.31. The Morgan fingerprint density at radius 2 is 1.71 bits per heavy atom. The van der Waals surface area contributed by atoms with Crippen molar-refractivity contribution in [3.8, 4) is 0 Å². The van der Waals surface area contributed by atoms with E-state index in [1.165, 1.54) is 44.1 Å². The minimum absolute atomic E-state index is 0.439. The van der Waals surface area contributed by atoms with Gasteiger partial charge in [-0.1, -0.05) is 30.3 Å². The van der Waals surface area contributed by atoms with Crippen LogP contribution in [0.3, 0.4) is 0 Å². The first-order chi connectivity index (χ1) is 11.8. The molecule has 130 valence electrons. The number of nitrogens with one attached hydrogen (secondary N) is 1. The summed E-state index contributed by atoms with van der Waals surface area (Å²) in [7, 11) is 0. The van der Waals surface area contributed by atoms with E-state index < -0.39 is 0 Å². The average Bonchev–Trinajstić information content (AvgIpc) is 2.89. The van der Waals surface area contributed by atoms with Gasteiger partial charge in [0.05, 0.1) is 0 Å². The molecule has 1 aliphatic carbocycles. The van der Waals surface area contributed by atoms with E-state index in [-0.39, 0.29) is 0 Å². The largest absolute Gasteiger partial charge is 0.335 e. The molecule has 2 saturated heterocycles. The van der Waals surface area contributed by atoms with Gasteiger partial charge in [0.15, 0.2) is 0 Å². The molecule has 3 nitrogen and oxygen atoms in total. The predicted molar refractivity (Wildman–Crippen MR) is 96.9 cm³/mol. The van der Waals surface area contributed by atoms with E-state index >= 15 is 0 Å². The van der Waals surface area contributed by atoms with Crippen LogP contribution in [0.2, 0.25) is 0 Å². The van der Waals surface area contributed by atoms with Crippen LogP contribution >= 0.6 is 0 Å². The number of hydrogen-bond donors (Lipinski definition) is 1. The second kappa shape index (κ2) is 7.26. The Labute approximate surface area is 145 Å². The van der Waals surface area contributed by atoms with Crippen LogP contribution in [0, 0.1) is 5.92 Å². The van der Waals surface area contributed by atoms with Crippen molar-refractivity contribution in [1.29, 1.82) is 0 Å². The molecule has 0 radical (unpaired) electrons. The number of fused-ring (bicyclic) bond motifs is 2. The monoisotopic (exact) mass is 326 g/mol. The topological polar surface area (TPSA) is 32.3 Å². The summed E-state index contributed by atoms with van der Waals surface area (Å²) in [6, 6.07) is 11.9. The van der Waals surface area contributed by atoms with Crippen LogP contribution in [0.1, 0.15) is 62.8 Å². The average molecular weight is 326 g/mol. The number of rotatable bonds is 3. The minimum Gasteiger partial charge on any atom is -0.335 e. The molecule has 2 atom stereocenters. The summed E-state index contributed by atoms with van der Waals surface area (Å²) in [6.07, 6.45) is 9.27. The van der Waals surface area contributed by atoms with E-state index in [2.05, 4.69) is 40.5 Å². The third-order valence-electron chi connectivity index (χ3n) is 6.52. The Morgan fingerprint density at radius 3 is 2.50 bits per heavy atom. The zero-order valence-electron chi connectivity index (χ0n) is 14.6. The van der Waals surface area contributed by atoms with Crippen LogP contribution in [-0.2, 0) is 4.79 Å². The van der Waals surface area contributed by atoms with E-state index in [1.54, 1.807) is 0 Å². The van der Waals surface area contributed by atoms with E-state index in [0.29, 0.717) is 29.8 Å². The lowest BCUT2D eigenvalue weighted by molar-refractivity contribution is -0.135. The van der Waals surface area contributed by atoms with Crippen LogP contribution in [0.4, 0.5) is 0 Å². The number of hydrogen-bond acceptors (Lipinski definition) is 2. The third-order valence-corrected chi connectivity index (χ3v) is 6.52. The maximum atomic E-state index is 12.9. The molecule has 1 amide bonds. The minimum atomic E-state index is 0.439. The van der Waals surface area contributed by atoms with Crippen molar-refractivity contribution in [3.05, 3.63) is 35.9 Å². The lowest BCUT2D eigenvalue weighted by Gasteiger charge is -2.32. The summed E-state index contributed by atoms with van der Waals surface area (Å²) < 4.78 is 0. The standard InChI is InChI=1S/C21H30N2O/c24-21(23-19-10-11-20(23)15-22-13-12-19)14-16-6-8-18(9-7-16)17-4-2-1-3-5-17/h1-5,16,18-20,22H,6-15H2. The molecule has 2 heterocycles. The highest BCUT2D eigenvalue weighted by molar-refractivity contribution is 5.77. The summed E-state index contributed by atoms with van der Waals surface area (Å²) >= 11 is 0. The van der Waals surface area contributed by atoms with Gasteiger partial charge in [-0.25, -0.2) is 0 Å². The highest BCUT2D eigenvalue weighted by Crippen LogP contribution is 2.38. The molecule has 1 N–H and O–H groups in total. The molecule has 2 aliphatic heterocycles. The number of benzene rings is 1. The summed E-state index contributed by atoms with van der Waals surface area (Å²) in [5.41, 5.74) is 1.49. The lowest BCUT2D eigenvalue weighted by atomic mass is 9.77. The Kier molecular flexibility index (Phi) is 4.88. The maximum Gasteiger partial charge on any atom is 0.223 e. The molecule has 3 aliphatic rings. The summed E-state index contributed by atoms with van der Waals surface area (Å²) in [6.45, 7) is 2.08. The smallest absolute Gasteiger partial charge is 0.223 e. The zero-order valence-corrected chi connectivity index (χ0v) is 14.6. The molecular weight excluding hydrogens is 296 g/mol. The number of nitrogens with zero attached hydrogens (tertiary/aromatic N) is 1. The van der Waals surface area contributed by atoms with Crippen LogP contribution in [-0.4, -0.2) is 36.0 Å². The van der Waals surface area contributed by atoms with Crippen LogP contribution in [0.15, 0.2) is 30.3 Å². The maximum absolute atomic E-state index is 12.9. The lowest BCUT2D eigenvalue weighted by Crippen LogP contribution is -2.43. The summed E-state index contributed by atoms with van der Waals surface area (Å²) in [5, 5.41) is 3.50. The van der Waals surface area contributed by atoms with Crippen molar-refractivity contribution in [2.45, 2.75) is 69.4 Å². The fraction of sp³-hybridized carbons (Fsp3) is 0.667. The Morgan fingerprint density at radius 1 is 0.958 bits per heavy atom. The molecule has 3 fully saturated rings. The van der Waals surface area contributed by atoms with Gasteiger partial charge >= 0.3 is 0 Å². The molecular formula is C21H30N2O. The number of amides is 1. The van der Waals surface area contributed by atoms with Crippen molar-refractivity contribution < 1.29 is 4.79 Å². The van der Waals surface area contributed by atoms with Crippen molar-refractivity contribution >= 4 is 5.91 Å². The van der Waals surface area contributed by atoms with Crippen LogP contribution in [0.5, 0.6) is 0 Å². The second-order valence-electron chi connectivity index (χ2n) is 8.01. The van der Waals surface area contributed by atoms with Crippen molar-refractivity contribution in [3.63, 3.8) is 0 Å².